The predicted molar refractivity (Wildman–Crippen MR) is 48.0 cm³/mol. The van der Waals surface area contributed by atoms with E-state index in [0.717, 1.165) is 0 Å². The molecule has 0 saturated heterocycles. The monoisotopic (exact) mass is 185 g/mol. The van der Waals surface area contributed by atoms with Crippen LogP contribution in [-0.2, 0) is 14.3 Å². The summed E-state index contributed by atoms with van der Waals surface area (Å²) in [5.74, 6) is -0.291. The summed E-state index contributed by atoms with van der Waals surface area (Å²) in [4.78, 5) is 24.4. The number of hydrogen-bond donors (Lipinski definition) is 0. The lowest BCUT2D eigenvalue weighted by Crippen LogP contribution is -2.25. The van der Waals surface area contributed by atoms with Gasteiger partial charge in [0.2, 0.25) is 6.08 Å². The van der Waals surface area contributed by atoms with E-state index in [1.54, 1.807) is 27.7 Å². The topological polar surface area (TPSA) is 55.7 Å². The van der Waals surface area contributed by atoms with Crippen molar-refractivity contribution in [1.82, 2.24) is 0 Å². The fraction of sp³-hybridized carbons (Fsp3) is 0.778. The maximum atomic E-state index is 11.2. The number of aliphatic imine (C=N–C) groups is 1. The lowest BCUT2D eigenvalue weighted by molar-refractivity contribution is -0.153. The van der Waals surface area contributed by atoms with Gasteiger partial charge in [0.25, 0.3) is 0 Å². The number of nitrogens with zero attached hydrogens (tertiary/aromatic N) is 1. The number of ether oxygens (including phenoxy) is 1. The van der Waals surface area contributed by atoms with Crippen molar-refractivity contribution in [3.05, 3.63) is 0 Å². The number of isocyanates is 1. The highest BCUT2D eigenvalue weighted by molar-refractivity contribution is 5.75. The summed E-state index contributed by atoms with van der Waals surface area (Å²) in [7, 11) is 0. The molecule has 13 heavy (non-hydrogen) atoms. The Hall–Kier alpha value is -1.15. The van der Waals surface area contributed by atoms with Crippen molar-refractivity contribution in [3.8, 4) is 0 Å². The van der Waals surface area contributed by atoms with Gasteiger partial charge in [0.1, 0.15) is 6.61 Å². The Kier molecular flexibility index (Phi) is 4.35. The summed E-state index contributed by atoms with van der Waals surface area (Å²) in [5.41, 5.74) is -0.509. The molecule has 0 heterocycles. The lowest BCUT2D eigenvalue weighted by Gasteiger charge is -2.17. The van der Waals surface area contributed by atoms with Gasteiger partial charge in [-0.15, -0.1) is 0 Å². The first-order valence-electron chi connectivity index (χ1n) is 4.12. The second-order valence-electron chi connectivity index (χ2n) is 3.92. The Morgan fingerprint density at radius 1 is 1.54 bits per heavy atom. The Balaban J connectivity index is 3.90. The van der Waals surface area contributed by atoms with E-state index in [0.29, 0.717) is 0 Å². The van der Waals surface area contributed by atoms with Crippen LogP contribution in [0, 0.1) is 5.41 Å². The number of esters is 1. The van der Waals surface area contributed by atoms with Crippen molar-refractivity contribution in [2.75, 3.05) is 6.61 Å². The first-order chi connectivity index (χ1) is 5.88. The normalized spacial score (nSPS) is 12.9. The second kappa shape index (κ2) is 4.77. The van der Waals surface area contributed by atoms with Gasteiger partial charge in [0.05, 0.1) is 11.5 Å². The third kappa shape index (κ3) is 5.15. The van der Waals surface area contributed by atoms with Crippen molar-refractivity contribution < 1.29 is 14.3 Å². The molecular formula is C9H15NO3. The average Bonchev–Trinajstić information content (AvgIpc) is 1.99. The van der Waals surface area contributed by atoms with Gasteiger partial charge in [-0.2, -0.15) is 4.99 Å². The van der Waals surface area contributed by atoms with E-state index in [4.69, 9.17) is 4.74 Å². The van der Waals surface area contributed by atoms with Gasteiger partial charge in [-0.05, 0) is 27.7 Å². The van der Waals surface area contributed by atoms with Crippen LogP contribution in [0.4, 0.5) is 0 Å². The third-order valence-electron chi connectivity index (χ3n) is 1.34. The molecule has 4 heteroatoms. The minimum Gasteiger partial charge on any atom is -0.463 e. The smallest absolute Gasteiger partial charge is 0.311 e. The standard InChI is InChI=1S/C9H15NO3/c1-7(10-6-11)5-13-8(12)9(2,3)4/h7H,5H2,1-4H3. The Morgan fingerprint density at radius 3 is 2.46 bits per heavy atom. The molecule has 0 aliphatic carbocycles. The molecule has 0 bridgehead atoms. The van der Waals surface area contributed by atoms with E-state index in [2.05, 4.69) is 4.99 Å². The number of carbonyl (C=O) groups excluding carboxylic acids is 2. The van der Waals surface area contributed by atoms with Crippen LogP contribution in [0.15, 0.2) is 4.99 Å². The summed E-state index contributed by atoms with van der Waals surface area (Å²) in [6.07, 6.45) is 1.41. The molecule has 0 fully saturated rings. The molecule has 4 nitrogen and oxygen atoms in total. The first-order valence-corrected chi connectivity index (χ1v) is 4.12. The van der Waals surface area contributed by atoms with E-state index < -0.39 is 5.41 Å². The molecule has 0 saturated carbocycles. The van der Waals surface area contributed by atoms with E-state index >= 15 is 0 Å². The maximum absolute atomic E-state index is 11.2. The predicted octanol–water partition coefficient (Wildman–Crippen LogP) is 1.30. The Morgan fingerprint density at radius 2 is 2.08 bits per heavy atom. The van der Waals surface area contributed by atoms with Crippen molar-refractivity contribution >= 4 is 12.0 Å². The molecule has 0 N–H and O–H groups in total. The Bertz CT molecular complexity index is 224. The Labute approximate surface area is 78.0 Å². The van der Waals surface area contributed by atoms with Crippen molar-refractivity contribution in [1.29, 1.82) is 0 Å². The molecule has 0 aromatic heterocycles. The summed E-state index contributed by atoms with van der Waals surface area (Å²) >= 11 is 0. The van der Waals surface area contributed by atoms with Gasteiger partial charge in [-0.3, -0.25) is 4.79 Å². The quantitative estimate of drug-likeness (QED) is 0.378. The molecule has 1 unspecified atom stereocenters. The van der Waals surface area contributed by atoms with Gasteiger partial charge in [0.15, 0.2) is 0 Å². The molecule has 0 rings (SSSR count). The van der Waals surface area contributed by atoms with Gasteiger partial charge in [-0.1, -0.05) is 0 Å². The van der Waals surface area contributed by atoms with Gasteiger partial charge in [0, 0.05) is 0 Å². The molecule has 0 aliphatic heterocycles. The fourth-order valence-electron chi connectivity index (χ4n) is 0.540. The number of carbonyl (C=O) groups is 1. The third-order valence-corrected chi connectivity index (χ3v) is 1.34. The highest BCUT2D eigenvalue weighted by Crippen LogP contribution is 2.15. The molecule has 0 aromatic carbocycles. The number of rotatable bonds is 3. The summed E-state index contributed by atoms with van der Waals surface area (Å²) in [5, 5.41) is 0. The molecule has 74 valence electrons. The van der Waals surface area contributed by atoms with Crippen LogP contribution in [-0.4, -0.2) is 24.7 Å². The zero-order valence-corrected chi connectivity index (χ0v) is 8.46. The van der Waals surface area contributed by atoms with Gasteiger partial charge in [-0.25, -0.2) is 4.79 Å². The van der Waals surface area contributed by atoms with Gasteiger partial charge < -0.3 is 4.74 Å². The van der Waals surface area contributed by atoms with Crippen molar-refractivity contribution in [2.45, 2.75) is 33.7 Å². The van der Waals surface area contributed by atoms with Crippen LogP contribution < -0.4 is 0 Å². The molecule has 0 aliphatic rings. The van der Waals surface area contributed by atoms with Crippen LogP contribution >= 0.6 is 0 Å². The molecule has 0 amide bonds. The summed E-state index contributed by atoms with van der Waals surface area (Å²) in [6, 6.07) is -0.316. The average molecular weight is 185 g/mol. The largest absolute Gasteiger partial charge is 0.463 e. The second-order valence-corrected chi connectivity index (χ2v) is 3.92. The minimum atomic E-state index is -0.509. The van der Waals surface area contributed by atoms with E-state index in [9.17, 15) is 9.59 Å². The first kappa shape index (κ1) is 11.8. The minimum absolute atomic E-state index is 0.130. The van der Waals surface area contributed by atoms with Crippen LogP contribution in [0.1, 0.15) is 27.7 Å². The zero-order chi connectivity index (χ0) is 10.5. The molecule has 0 spiro atoms. The molecule has 0 radical (unpaired) electrons. The fourth-order valence-corrected chi connectivity index (χ4v) is 0.540. The maximum Gasteiger partial charge on any atom is 0.311 e. The molecular weight excluding hydrogens is 170 g/mol. The van der Waals surface area contributed by atoms with E-state index in [1.807, 2.05) is 0 Å². The zero-order valence-electron chi connectivity index (χ0n) is 8.46. The lowest BCUT2D eigenvalue weighted by atomic mass is 9.97. The van der Waals surface area contributed by atoms with Crippen LogP contribution in [0.25, 0.3) is 0 Å². The van der Waals surface area contributed by atoms with Crippen molar-refractivity contribution in [2.24, 2.45) is 10.4 Å². The molecule has 0 aromatic rings. The van der Waals surface area contributed by atoms with Crippen molar-refractivity contribution in [3.63, 3.8) is 0 Å². The highest BCUT2D eigenvalue weighted by Gasteiger charge is 2.23. The SMILES string of the molecule is CC(COC(=O)C(C)(C)C)N=C=O. The van der Waals surface area contributed by atoms with Crippen LogP contribution in [0.3, 0.4) is 0 Å². The van der Waals surface area contributed by atoms with Crippen LogP contribution in [0.5, 0.6) is 0 Å². The van der Waals surface area contributed by atoms with E-state index in [1.165, 1.54) is 6.08 Å². The molecule has 1 atom stereocenters. The van der Waals surface area contributed by atoms with E-state index in [-0.39, 0.29) is 18.6 Å². The summed E-state index contributed by atoms with van der Waals surface area (Å²) < 4.78 is 4.91. The summed E-state index contributed by atoms with van der Waals surface area (Å²) in [6.45, 7) is 7.11. The highest BCUT2D eigenvalue weighted by atomic mass is 16.5. The number of hydrogen-bond acceptors (Lipinski definition) is 4. The van der Waals surface area contributed by atoms with Crippen LogP contribution in [0.2, 0.25) is 0 Å². The van der Waals surface area contributed by atoms with Gasteiger partial charge >= 0.3 is 5.97 Å².